The van der Waals surface area contributed by atoms with Crippen LogP contribution in [-0.2, 0) is 0 Å². The fourth-order valence-corrected chi connectivity index (χ4v) is 2.74. The van der Waals surface area contributed by atoms with Crippen LogP contribution in [0.1, 0.15) is 22.0 Å². The maximum absolute atomic E-state index is 14.0. The Hall–Kier alpha value is -1.43. The Bertz CT molecular complexity index is 542. The second kappa shape index (κ2) is 5.48. The SMILES string of the molecule is COc1cccc(F)c1C(NN)c1ccsc1C. The topological polar surface area (TPSA) is 47.3 Å². The number of hydrazine groups is 1. The molecule has 2 rings (SSSR count). The average molecular weight is 266 g/mol. The van der Waals surface area contributed by atoms with Gasteiger partial charge in [0.25, 0.3) is 0 Å². The van der Waals surface area contributed by atoms with Crippen LogP contribution in [0.2, 0.25) is 0 Å². The molecule has 0 spiro atoms. The summed E-state index contributed by atoms with van der Waals surface area (Å²) in [7, 11) is 1.52. The first-order valence-corrected chi connectivity index (χ1v) is 6.39. The molecule has 1 heterocycles. The molecule has 0 aliphatic carbocycles. The van der Waals surface area contributed by atoms with Crippen molar-refractivity contribution in [3.63, 3.8) is 0 Å². The van der Waals surface area contributed by atoms with Crippen molar-refractivity contribution < 1.29 is 9.13 Å². The predicted octanol–water partition coefficient (Wildman–Crippen LogP) is 2.76. The quantitative estimate of drug-likeness (QED) is 0.661. The van der Waals surface area contributed by atoms with Gasteiger partial charge >= 0.3 is 0 Å². The number of aryl methyl sites for hydroxylation is 1. The van der Waals surface area contributed by atoms with Gasteiger partial charge in [0.2, 0.25) is 0 Å². The zero-order valence-corrected chi connectivity index (χ0v) is 11.1. The number of ether oxygens (including phenoxy) is 1. The summed E-state index contributed by atoms with van der Waals surface area (Å²) in [6, 6.07) is 6.28. The summed E-state index contributed by atoms with van der Waals surface area (Å²) in [4.78, 5) is 1.10. The van der Waals surface area contributed by atoms with Crippen LogP contribution in [0.3, 0.4) is 0 Å². The molecule has 96 valence electrons. The van der Waals surface area contributed by atoms with E-state index in [9.17, 15) is 4.39 Å². The lowest BCUT2D eigenvalue weighted by Crippen LogP contribution is -2.30. The highest BCUT2D eigenvalue weighted by Crippen LogP contribution is 2.34. The van der Waals surface area contributed by atoms with Gasteiger partial charge in [-0.1, -0.05) is 6.07 Å². The van der Waals surface area contributed by atoms with Crippen LogP contribution in [0, 0.1) is 12.7 Å². The highest BCUT2D eigenvalue weighted by molar-refractivity contribution is 7.10. The first-order valence-electron chi connectivity index (χ1n) is 5.51. The van der Waals surface area contributed by atoms with Crippen molar-refractivity contribution in [2.45, 2.75) is 13.0 Å². The first kappa shape index (κ1) is 13.0. The van der Waals surface area contributed by atoms with Gasteiger partial charge in [0.1, 0.15) is 11.6 Å². The molecular weight excluding hydrogens is 251 g/mol. The summed E-state index contributed by atoms with van der Waals surface area (Å²) in [6.07, 6.45) is 0. The number of methoxy groups -OCH3 is 1. The smallest absolute Gasteiger partial charge is 0.132 e. The van der Waals surface area contributed by atoms with Gasteiger partial charge in [-0.05, 0) is 36.1 Å². The lowest BCUT2D eigenvalue weighted by molar-refractivity contribution is 0.397. The molecule has 0 amide bonds. The highest BCUT2D eigenvalue weighted by Gasteiger charge is 2.22. The zero-order valence-electron chi connectivity index (χ0n) is 10.2. The second-order valence-electron chi connectivity index (χ2n) is 3.89. The van der Waals surface area contributed by atoms with Gasteiger partial charge in [-0.25, -0.2) is 9.82 Å². The Morgan fingerprint density at radius 2 is 2.17 bits per heavy atom. The monoisotopic (exact) mass is 266 g/mol. The third-order valence-corrected chi connectivity index (χ3v) is 3.76. The molecule has 0 saturated carbocycles. The molecule has 1 aromatic heterocycles. The molecule has 0 aliphatic heterocycles. The van der Waals surface area contributed by atoms with E-state index in [0.29, 0.717) is 11.3 Å². The Labute approximate surface area is 109 Å². The number of hydrogen-bond donors (Lipinski definition) is 2. The van der Waals surface area contributed by atoms with Crippen molar-refractivity contribution in [2.24, 2.45) is 5.84 Å². The maximum atomic E-state index is 14.0. The van der Waals surface area contributed by atoms with Crippen molar-refractivity contribution in [1.29, 1.82) is 0 Å². The number of nitrogens with one attached hydrogen (secondary N) is 1. The summed E-state index contributed by atoms with van der Waals surface area (Å²) >= 11 is 1.60. The van der Waals surface area contributed by atoms with Gasteiger partial charge in [0.15, 0.2) is 0 Å². The highest BCUT2D eigenvalue weighted by atomic mass is 32.1. The number of nitrogens with two attached hydrogens (primary N) is 1. The number of hydrogen-bond acceptors (Lipinski definition) is 4. The third kappa shape index (κ3) is 2.25. The summed E-state index contributed by atoms with van der Waals surface area (Å²) in [5.41, 5.74) is 4.06. The van der Waals surface area contributed by atoms with Gasteiger partial charge < -0.3 is 4.74 Å². The van der Waals surface area contributed by atoms with Crippen LogP contribution < -0.4 is 16.0 Å². The molecule has 5 heteroatoms. The Morgan fingerprint density at radius 3 is 2.72 bits per heavy atom. The largest absolute Gasteiger partial charge is 0.496 e. The summed E-state index contributed by atoms with van der Waals surface area (Å²) < 4.78 is 19.2. The average Bonchev–Trinajstić information content (AvgIpc) is 2.79. The molecule has 2 aromatic rings. The molecule has 1 unspecified atom stereocenters. The number of rotatable bonds is 4. The van der Waals surface area contributed by atoms with Crippen LogP contribution in [-0.4, -0.2) is 7.11 Å². The number of benzene rings is 1. The minimum absolute atomic E-state index is 0.331. The molecular formula is C13H15FN2OS. The molecule has 0 radical (unpaired) electrons. The van der Waals surface area contributed by atoms with E-state index in [2.05, 4.69) is 5.43 Å². The van der Waals surface area contributed by atoms with E-state index in [1.807, 2.05) is 18.4 Å². The van der Waals surface area contributed by atoms with E-state index in [1.54, 1.807) is 23.5 Å². The fourth-order valence-electron chi connectivity index (χ4n) is 2.00. The predicted molar refractivity (Wildman–Crippen MR) is 71.2 cm³/mol. The van der Waals surface area contributed by atoms with Crippen LogP contribution >= 0.6 is 11.3 Å². The number of thiophene rings is 1. The Morgan fingerprint density at radius 1 is 1.39 bits per heavy atom. The molecule has 3 nitrogen and oxygen atoms in total. The van der Waals surface area contributed by atoms with Crippen LogP contribution in [0.4, 0.5) is 4.39 Å². The second-order valence-corrected chi connectivity index (χ2v) is 5.01. The van der Waals surface area contributed by atoms with Crippen molar-refractivity contribution in [3.05, 3.63) is 51.5 Å². The van der Waals surface area contributed by atoms with Crippen molar-refractivity contribution in [1.82, 2.24) is 5.43 Å². The maximum Gasteiger partial charge on any atom is 0.132 e. The molecule has 0 aliphatic rings. The minimum Gasteiger partial charge on any atom is -0.496 e. The fraction of sp³-hybridized carbons (Fsp3) is 0.231. The van der Waals surface area contributed by atoms with E-state index >= 15 is 0 Å². The Kier molecular flexibility index (Phi) is 3.96. The minimum atomic E-state index is -0.410. The molecule has 0 saturated heterocycles. The molecule has 1 aromatic carbocycles. The van der Waals surface area contributed by atoms with Crippen LogP contribution in [0.5, 0.6) is 5.75 Å². The van der Waals surface area contributed by atoms with Crippen molar-refractivity contribution in [2.75, 3.05) is 7.11 Å². The summed E-state index contributed by atoms with van der Waals surface area (Å²) in [5, 5.41) is 1.96. The summed E-state index contributed by atoms with van der Waals surface area (Å²) in [5.74, 6) is 5.75. The van der Waals surface area contributed by atoms with E-state index < -0.39 is 6.04 Å². The van der Waals surface area contributed by atoms with E-state index in [-0.39, 0.29) is 5.82 Å². The lowest BCUT2D eigenvalue weighted by Gasteiger charge is -2.19. The van der Waals surface area contributed by atoms with Crippen molar-refractivity contribution in [3.8, 4) is 5.75 Å². The van der Waals surface area contributed by atoms with Gasteiger partial charge in [0, 0.05) is 4.88 Å². The first-order chi connectivity index (χ1) is 8.69. The van der Waals surface area contributed by atoms with Crippen LogP contribution in [0.25, 0.3) is 0 Å². The Balaban J connectivity index is 2.55. The van der Waals surface area contributed by atoms with Gasteiger partial charge in [0.05, 0.1) is 18.7 Å². The third-order valence-electron chi connectivity index (χ3n) is 2.90. The van der Waals surface area contributed by atoms with Crippen LogP contribution in [0.15, 0.2) is 29.6 Å². The standard InChI is InChI=1S/C13H15FN2OS/c1-8-9(6-7-18-8)13(16-15)12-10(14)4-3-5-11(12)17-2/h3-7,13,16H,15H2,1-2H3. The van der Waals surface area contributed by atoms with E-state index in [1.165, 1.54) is 13.2 Å². The molecule has 18 heavy (non-hydrogen) atoms. The zero-order chi connectivity index (χ0) is 13.1. The summed E-state index contributed by atoms with van der Waals surface area (Å²) in [6.45, 7) is 1.98. The normalized spacial score (nSPS) is 12.4. The van der Waals surface area contributed by atoms with Gasteiger partial charge in [-0.3, -0.25) is 5.84 Å². The molecule has 3 N–H and O–H groups in total. The van der Waals surface area contributed by atoms with E-state index in [0.717, 1.165) is 10.4 Å². The van der Waals surface area contributed by atoms with Gasteiger partial charge in [-0.15, -0.1) is 11.3 Å². The van der Waals surface area contributed by atoms with Gasteiger partial charge in [-0.2, -0.15) is 0 Å². The number of halogens is 1. The molecule has 0 bridgehead atoms. The lowest BCUT2D eigenvalue weighted by atomic mass is 9.98. The van der Waals surface area contributed by atoms with E-state index in [4.69, 9.17) is 10.6 Å². The molecule has 1 atom stereocenters. The molecule has 0 fully saturated rings. The van der Waals surface area contributed by atoms with Crippen molar-refractivity contribution >= 4 is 11.3 Å².